The Morgan fingerprint density at radius 2 is 1.84 bits per heavy atom. The summed E-state index contributed by atoms with van der Waals surface area (Å²) in [5.74, 6) is -3.70. The van der Waals surface area contributed by atoms with Crippen LogP contribution in [0.4, 0.5) is 5.69 Å². The van der Waals surface area contributed by atoms with Crippen LogP contribution in [0.15, 0.2) is 59.1 Å². The van der Waals surface area contributed by atoms with E-state index in [0.717, 1.165) is 17.3 Å². The fourth-order valence-electron chi connectivity index (χ4n) is 3.32. The molecule has 9 heteroatoms. The number of anilines is 1. The number of nitrogens with one attached hydrogen (secondary N) is 2. The number of ether oxygens (including phenoxy) is 1. The van der Waals surface area contributed by atoms with Crippen LogP contribution in [-0.2, 0) is 19.1 Å². The standard InChI is InChI=1S/C23H20ClN3O4S/c1-13-3-5-14(6-4-13)19-17(11-25)22(27-21(29)20(19)23(30)31-2)32-12-18(28)26-16-9-7-15(24)8-10-16/h3-10,19-20H,12H2,1-2H3,(H,26,28)(H,27,29). The van der Waals surface area contributed by atoms with E-state index in [-0.39, 0.29) is 22.3 Å². The molecule has 2 amide bonds. The average molecular weight is 470 g/mol. The third-order valence-corrected chi connectivity index (χ3v) is 6.16. The van der Waals surface area contributed by atoms with Crippen LogP contribution in [0, 0.1) is 24.2 Å². The van der Waals surface area contributed by atoms with E-state index in [1.165, 1.54) is 7.11 Å². The zero-order chi connectivity index (χ0) is 23.3. The molecule has 32 heavy (non-hydrogen) atoms. The van der Waals surface area contributed by atoms with Gasteiger partial charge in [-0.05, 0) is 36.8 Å². The Hall–Kier alpha value is -3.28. The number of amides is 2. The first kappa shape index (κ1) is 23.4. The summed E-state index contributed by atoms with van der Waals surface area (Å²) in [6.07, 6.45) is 0. The topological polar surface area (TPSA) is 108 Å². The van der Waals surface area contributed by atoms with Gasteiger partial charge in [-0.3, -0.25) is 14.4 Å². The maximum Gasteiger partial charge on any atom is 0.319 e. The molecular weight excluding hydrogens is 450 g/mol. The minimum atomic E-state index is -1.20. The Morgan fingerprint density at radius 1 is 1.19 bits per heavy atom. The molecule has 0 saturated heterocycles. The number of carbonyl (C=O) groups is 3. The molecule has 164 valence electrons. The van der Waals surface area contributed by atoms with E-state index in [9.17, 15) is 19.6 Å². The number of benzene rings is 2. The lowest BCUT2D eigenvalue weighted by molar-refractivity contribution is -0.150. The summed E-state index contributed by atoms with van der Waals surface area (Å²) in [5.41, 5.74) is 2.42. The van der Waals surface area contributed by atoms with E-state index >= 15 is 0 Å². The van der Waals surface area contributed by atoms with Crippen molar-refractivity contribution >= 4 is 46.8 Å². The number of rotatable bonds is 6. The molecule has 0 spiro atoms. The number of carbonyl (C=O) groups excluding carboxylic acids is 3. The first-order valence-electron chi connectivity index (χ1n) is 9.61. The molecule has 0 aromatic heterocycles. The van der Waals surface area contributed by atoms with Gasteiger partial charge in [-0.25, -0.2) is 0 Å². The van der Waals surface area contributed by atoms with Crippen molar-refractivity contribution in [2.75, 3.05) is 18.2 Å². The molecule has 0 fully saturated rings. The highest BCUT2D eigenvalue weighted by Gasteiger charge is 2.44. The van der Waals surface area contributed by atoms with Crippen LogP contribution in [0.1, 0.15) is 17.0 Å². The average Bonchev–Trinajstić information content (AvgIpc) is 2.78. The van der Waals surface area contributed by atoms with Crippen LogP contribution in [0.2, 0.25) is 5.02 Å². The molecule has 7 nitrogen and oxygen atoms in total. The van der Waals surface area contributed by atoms with Crippen molar-refractivity contribution in [3.63, 3.8) is 0 Å². The number of methoxy groups -OCH3 is 1. The van der Waals surface area contributed by atoms with Gasteiger partial charge in [0.15, 0.2) is 0 Å². The molecule has 3 rings (SSSR count). The Morgan fingerprint density at radius 3 is 2.44 bits per heavy atom. The molecule has 1 aliphatic rings. The van der Waals surface area contributed by atoms with E-state index in [4.69, 9.17) is 16.3 Å². The molecule has 0 bridgehead atoms. The maximum atomic E-state index is 12.8. The van der Waals surface area contributed by atoms with Crippen LogP contribution in [0.5, 0.6) is 0 Å². The highest BCUT2D eigenvalue weighted by Crippen LogP contribution is 2.40. The summed E-state index contributed by atoms with van der Waals surface area (Å²) in [4.78, 5) is 37.6. The number of hydrogen-bond acceptors (Lipinski definition) is 6. The second kappa shape index (κ2) is 10.4. The van der Waals surface area contributed by atoms with E-state index in [2.05, 4.69) is 16.7 Å². The number of nitrogens with zero attached hydrogens (tertiary/aromatic N) is 1. The minimum absolute atomic E-state index is 0.0487. The summed E-state index contributed by atoms with van der Waals surface area (Å²) >= 11 is 6.87. The largest absolute Gasteiger partial charge is 0.468 e. The molecule has 1 aliphatic heterocycles. The third-order valence-electron chi connectivity index (χ3n) is 4.90. The van der Waals surface area contributed by atoms with Crippen LogP contribution in [0.3, 0.4) is 0 Å². The highest BCUT2D eigenvalue weighted by molar-refractivity contribution is 8.03. The quantitative estimate of drug-likeness (QED) is 0.492. The van der Waals surface area contributed by atoms with Gasteiger partial charge in [0, 0.05) is 16.6 Å². The smallest absolute Gasteiger partial charge is 0.319 e. The Bertz CT molecular complexity index is 1110. The number of hydrogen-bond donors (Lipinski definition) is 2. The third kappa shape index (κ3) is 5.31. The zero-order valence-electron chi connectivity index (χ0n) is 17.3. The second-order valence-corrected chi connectivity index (χ2v) is 8.50. The van der Waals surface area contributed by atoms with Gasteiger partial charge in [0.1, 0.15) is 5.92 Å². The number of esters is 1. The van der Waals surface area contributed by atoms with Gasteiger partial charge >= 0.3 is 5.97 Å². The van der Waals surface area contributed by atoms with Gasteiger partial charge in [0.05, 0.1) is 29.5 Å². The molecule has 1 heterocycles. The first-order valence-corrected chi connectivity index (χ1v) is 11.0. The zero-order valence-corrected chi connectivity index (χ0v) is 18.9. The molecule has 0 saturated carbocycles. The summed E-state index contributed by atoms with van der Waals surface area (Å²) in [6, 6.07) is 16.0. The normalized spacial score (nSPS) is 17.9. The van der Waals surface area contributed by atoms with Crippen molar-refractivity contribution in [1.82, 2.24) is 5.32 Å². The van der Waals surface area contributed by atoms with Crippen molar-refractivity contribution in [3.05, 3.63) is 75.3 Å². The molecule has 2 aromatic rings. The predicted octanol–water partition coefficient (Wildman–Crippen LogP) is 3.76. The van der Waals surface area contributed by atoms with Gasteiger partial charge in [0.25, 0.3) is 0 Å². The number of aryl methyl sites for hydroxylation is 1. The molecule has 0 aliphatic carbocycles. The van der Waals surface area contributed by atoms with E-state index < -0.39 is 23.7 Å². The number of allylic oxidation sites excluding steroid dienone is 1. The fourth-order valence-corrected chi connectivity index (χ4v) is 4.30. The lowest BCUT2D eigenvalue weighted by Crippen LogP contribution is -2.44. The number of halogens is 1. The second-order valence-electron chi connectivity index (χ2n) is 7.08. The number of thioether (sulfide) groups is 1. The molecule has 2 atom stereocenters. The van der Waals surface area contributed by atoms with Crippen LogP contribution in [0.25, 0.3) is 0 Å². The van der Waals surface area contributed by atoms with Crippen molar-refractivity contribution < 1.29 is 19.1 Å². The summed E-state index contributed by atoms with van der Waals surface area (Å²) in [6.45, 7) is 1.91. The molecule has 0 radical (unpaired) electrons. The van der Waals surface area contributed by atoms with Crippen LogP contribution >= 0.6 is 23.4 Å². The lowest BCUT2D eigenvalue weighted by atomic mass is 9.78. The Kier molecular flexibility index (Phi) is 7.57. The van der Waals surface area contributed by atoms with Gasteiger partial charge in [-0.15, -0.1) is 0 Å². The van der Waals surface area contributed by atoms with Crippen molar-refractivity contribution in [1.29, 1.82) is 5.26 Å². The minimum Gasteiger partial charge on any atom is -0.468 e. The molecular formula is C23H20ClN3O4S. The maximum absolute atomic E-state index is 12.8. The van der Waals surface area contributed by atoms with Crippen molar-refractivity contribution in [2.24, 2.45) is 5.92 Å². The predicted molar refractivity (Wildman–Crippen MR) is 123 cm³/mol. The summed E-state index contributed by atoms with van der Waals surface area (Å²) in [5, 5.41) is 16.0. The highest BCUT2D eigenvalue weighted by atomic mass is 35.5. The van der Waals surface area contributed by atoms with E-state index in [0.29, 0.717) is 16.3 Å². The Labute approximate surface area is 194 Å². The molecule has 2 unspecified atom stereocenters. The van der Waals surface area contributed by atoms with Crippen LogP contribution in [-0.4, -0.2) is 30.6 Å². The summed E-state index contributed by atoms with van der Waals surface area (Å²) < 4.78 is 4.82. The van der Waals surface area contributed by atoms with Gasteiger partial charge < -0.3 is 15.4 Å². The molecule has 2 N–H and O–H groups in total. The van der Waals surface area contributed by atoms with Crippen molar-refractivity contribution in [3.8, 4) is 6.07 Å². The van der Waals surface area contributed by atoms with E-state index in [1.54, 1.807) is 36.4 Å². The van der Waals surface area contributed by atoms with Gasteiger partial charge in [-0.2, -0.15) is 5.26 Å². The van der Waals surface area contributed by atoms with E-state index in [1.807, 2.05) is 19.1 Å². The fraction of sp³-hybridized carbons (Fsp3) is 0.217. The molecule has 2 aromatic carbocycles. The first-order chi connectivity index (χ1) is 15.3. The lowest BCUT2D eigenvalue weighted by Gasteiger charge is -2.31. The van der Waals surface area contributed by atoms with Crippen molar-refractivity contribution in [2.45, 2.75) is 12.8 Å². The SMILES string of the molecule is COC(=O)C1C(=O)NC(SCC(=O)Nc2ccc(Cl)cc2)=C(C#N)C1c1ccc(C)cc1. The Balaban J connectivity index is 1.87. The van der Waals surface area contributed by atoms with Crippen LogP contribution < -0.4 is 10.6 Å². The summed E-state index contributed by atoms with van der Waals surface area (Å²) in [7, 11) is 1.20. The monoisotopic (exact) mass is 469 g/mol. The van der Waals surface area contributed by atoms with Gasteiger partial charge in [-0.1, -0.05) is 53.2 Å². The number of nitriles is 1. The van der Waals surface area contributed by atoms with Gasteiger partial charge in [0.2, 0.25) is 11.8 Å².